The number of hydrogen-bond acceptors (Lipinski definition) is 6. The minimum absolute atomic E-state index is 0.0376. The number of pyridine rings is 1. The Morgan fingerprint density at radius 2 is 2.06 bits per heavy atom. The molecular weight excluding hydrogens is 408 g/mol. The number of amides is 2. The van der Waals surface area contributed by atoms with Gasteiger partial charge >= 0.3 is 0 Å². The molecule has 1 aliphatic rings. The predicted molar refractivity (Wildman–Crippen MR) is 125 cm³/mol. The minimum Gasteiger partial charge on any atom is -0.493 e. The van der Waals surface area contributed by atoms with E-state index in [9.17, 15) is 9.59 Å². The fraction of sp³-hybridized carbons (Fsp3) is 0.375. The number of rotatable bonds is 8. The van der Waals surface area contributed by atoms with Gasteiger partial charge in [0.1, 0.15) is 5.82 Å². The van der Waals surface area contributed by atoms with Crippen molar-refractivity contribution in [2.24, 2.45) is 11.7 Å². The van der Waals surface area contributed by atoms with Crippen molar-refractivity contribution in [3.8, 4) is 11.5 Å². The molecule has 3 N–H and O–H groups in total. The number of aromatic nitrogens is 1. The molecule has 2 aromatic rings. The van der Waals surface area contributed by atoms with Gasteiger partial charge in [0.15, 0.2) is 11.5 Å². The number of hydrogen-bond donors (Lipinski definition) is 2. The summed E-state index contributed by atoms with van der Waals surface area (Å²) in [7, 11) is 1.58. The van der Waals surface area contributed by atoms with Crippen LogP contribution in [-0.4, -0.2) is 43.1 Å². The lowest BCUT2D eigenvalue weighted by atomic mass is 9.97. The Labute approximate surface area is 188 Å². The average molecular weight is 439 g/mol. The fourth-order valence-corrected chi connectivity index (χ4v) is 3.56. The molecule has 1 atom stereocenters. The minimum atomic E-state index is -0.273. The zero-order valence-electron chi connectivity index (χ0n) is 18.7. The van der Waals surface area contributed by atoms with Crippen molar-refractivity contribution in [3.63, 3.8) is 0 Å². The summed E-state index contributed by atoms with van der Waals surface area (Å²) in [6, 6.07) is 9.13. The molecule has 0 radical (unpaired) electrons. The molecule has 1 aromatic heterocycles. The van der Waals surface area contributed by atoms with Gasteiger partial charge in [-0.25, -0.2) is 4.98 Å². The van der Waals surface area contributed by atoms with Crippen LogP contribution >= 0.6 is 0 Å². The number of nitrogens with two attached hydrogens (primary N) is 1. The van der Waals surface area contributed by atoms with Crippen LogP contribution in [0.5, 0.6) is 11.5 Å². The highest BCUT2D eigenvalue weighted by molar-refractivity contribution is 6.01. The zero-order valence-corrected chi connectivity index (χ0v) is 18.7. The van der Waals surface area contributed by atoms with Crippen LogP contribution in [-0.2, 0) is 9.59 Å². The van der Waals surface area contributed by atoms with Gasteiger partial charge in [-0.15, -0.1) is 0 Å². The summed E-state index contributed by atoms with van der Waals surface area (Å²) in [6.07, 6.45) is 6.51. The molecule has 0 bridgehead atoms. The second-order valence-corrected chi connectivity index (χ2v) is 7.99. The van der Waals surface area contributed by atoms with E-state index in [2.05, 4.69) is 10.3 Å². The Morgan fingerprint density at radius 3 is 2.72 bits per heavy atom. The Bertz CT molecular complexity index is 972. The molecule has 3 rings (SSSR count). The van der Waals surface area contributed by atoms with E-state index in [1.54, 1.807) is 25.4 Å². The number of anilines is 2. The monoisotopic (exact) mass is 438 g/mol. The van der Waals surface area contributed by atoms with Crippen molar-refractivity contribution < 1.29 is 19.1 Å². The third-order valence-electron chi connectivity index (χ3n) is 5.14. The Kier molecular flexibility index (Phi) is 7.70. The third-order valence-corrected chi connectivity index (χ3v) is 5.14. The van der Waals surface area contributed by atoms with E-state index in [4.69, 9.17) is 15.2 Å². The van der Waals surface area contributed by atoms with Crippen LogP contribution in [0.1, 0.15) is 32.3 Å². The summed E-state index contributed by atoms with van der Waals surface area (Å²) >= 11 is 0. The first-order valence-electron chi connectivity index (χ1n) is 10.7. The maximum absolute atomic E-state index is 12.3. The van der Waals surface area contributed by atoms with E-state index >= 15 is 0 Å². The smallest absolute Gasteiger partial charge is 0.248 e. The molecule has 8 heteroatoms. The SMILES string of the molecule is COc1cc(/C=C/C(=O)Nc2ccc(N3CCCC(C(N)=O)C3)nc2)ccc1OC(C)C. The fourth-order valence-electron chi connectivity index (χ4n) is 3.56. The van der Waals surface area contributed by atoms with E-state index in [0.717, 1.165) is 30.8 Å². The first-order valence-corrected chi connectivity index (χ1v) is 10.7. The first-order chi connectivity index (χ1) is 15.4. The maximum Gasteiger partial charge on any atom is 0.248 e. The molecule has 32 heavy (non-hydrogen) atoms. The van der Waals surface area contributed by atoms with Gasteiger partial charge in [-0.3, -0.25) is 9.59 Å². The van der Waals surface area contributed by atoms with Crippen LogP contribution in [0.25, 0.3) is 6.08 Å². The summed E-state index contributed by atoms with van der Waals surface area (Å²) in [5.74, 6) is 1.33. The molecule has 1 aliphatic heterocycles. The Hall–Kier alpha value is -3.55. The lowest BCUT2D eigenvalue weighted by Gasteiger charge is -2.32. The molecule has 8 nitrogen and oxygen atoms in total. The number of nitrogens with zero attached hydrogens (tertiary/aromatic N) is 2. The van der Waals surface area contributed by atoms with Gasteiger partial charge in [0, 0.05) is 19.2 Å². The number of ether oxygens (including phenoxy) is 2. The number of benzene rings is 1. The third kappa shape index (κ3) is 6.23. The van der Waals surface area contributed by atoms with E-state index in [-0.39, 0.29) is 23.8 Å². The van der Waals surface area contributed by atoms with Gasteiger partial charge in [-0.1, -0.05) is 6.07 Å². The van der Waals surface area contributed by atoms with Crippen molar-refractivity contribution >= 4 is 29.4 Å². The lowest BCUT2D eigenvalue weighted by molar-refractivity contribution is -0.122. The topological polar surface area (TPSA) is 107 Å². The molecule has 0 spiro atoms. The van der Waals surface area contributed by atoms with Gasteiger partial charge in [0.05, 0.1) is 31.0 Å². The predicted octanol–water partition coefficient (Wildman–Crippen LogP) is 3.23. The second-order valence-electron chi connectivity index (χ2n) is 7.99. The van der Waals surface area contributed by atoms with E-state index in [0.29, 0.717) is 23.7 Å². The highest BCUT2D eigenvalue weighted by atomic mass is 16.5. The Morgan fingerprint density at radius 1 is 1.25 bits per heavy atom. The van der Waals surface area contributed by atoms with Gasteiger partial charge < -0.3 is 25.4 Å². The first kappa shape index (κ1) is 23.1. The van der Waals surface area contributed by atoms with Crippen molar-refractivity contribution in [3.05, 3.63) is 48.2 Å². The summed E-state index contributed by atoms with van der Waals surface area (Å²) < 4.78 is 11.1. The van der Waals surface area contributed by atoms with Gasteiger partial charge in [0.2, 0.25) is 11.8 Å². The van der Waals surface area contributed by atoms with E-state index in [1.807, 2.05) is 43.0 Å². The normalized spacial score (nSPS) is 16.2. The quantitative estimate of drug-likeness (QED) is 0.613. The largest absolute Gasteiger partial charge is 0.493 e. The van der Waals surface area contributed by atoms with Crippen molar-refractivity contribution in [2.75, 3.05) is 30.4 Å². The number of methoxy groups -OCH3 is 1. The number of carbonyl (C=O) groups excluding carboxylic acids is 2. The average Bonchev–Trinajstić information content (AvgIpc) is 2.78. The second kappa shape index (κ2) is 10.7. The van der Waals surface area contributed by atoms with Gasteiger partial charge in [-0.05, 0) is 62.6 Å². The molecule has 1 unspecified atom stereocenters. The van der Waals surface area contributed by atoms with Crippen LogP contribution in [0.4, 0.5) is 11.5 Å². The van der Waals surface area contributed by atoms with Crippen LogP contribution in [0.3, 0.4) is 0 Å². The van der Waals surface area contributed by atoms with E-state index < -0.39 is 0 Å². The van der Waals surface area contributed by atoms with Crippen LogP contribution in [0.2, 0.25) is 0 Å². The van der Waals surface area contributed by atoms with Crippen molar-refractivity contribution in [1.29, 1.82) is 0 Å². The van der Waals surface area contributed by atoms with Gasteiger partial charge in [-0.2, -0.15) is 0 Å². The molecule has 2 amide bonds. The molecular formula is C24H30N4O4. The molecule has 2 heterocycles. The van der Waals surface area contributed by atoms with Crippen molar-refractivity contribution in [2.45, 2.75) is 32.8 Å². The maximum atomic E-state index is 12.3. The summed E-state index contributed by atoms with van der Waals surface area (Å²) in [4.78, 5) is 30.3. The zero-order chi connectivity index (χ0) is 23.1. The molecule has 1 fully saturated rings. The number of piperidine rings is 1. The highest BCUT2D eigenvalue weighted by Gasteiger charge is 2.24. The molecule has 0 aliphatic carbocycles. The van der Waals surface area contributed by atoms with Gasteiger partial charge in [0.25, 0.3) is 0 Å². The number of primary amides is 1. The molecule has 1 aromatic carbocycles. The van der Waals surface area contributed by atoms with Crippen LogP contribution in [0.15, 0.2) is 42.6 Å². The lowest BCUT2D eigenvalue weighted by Crippen LogP contribution is -2.41. The molecule has 1 saturated heterocycles. The van der Waals surface area contributed by atoms with Crippen molar-refractivity contribution in [1.82, 2.24) is 4.98 Å². The standard InChI is InChI=1S/C24H30N4O4/c1-16(2)32-20-9-6-17(13-21(20)31-3)7-11-23(29)27-19-8-10-22(26-14-19)28-12-4-5-18(15-28)24(25)30/h6-11,13-14,16,18H,4-5,12,15H2,1-3H3,(H2,25,30)(H,27,29)/b11-7+. The summed E-state index contributed by atoms with van der Waals surface area (Å²) in [5.41, 5.74) is 6.85. The molecule has 170 valence electrons. The Balaban J connectivity index is 1.59. The number of nitrogens with one attached hydrogen (secondary N) is 1. The van der Waals surface area contributed by atoms with Crippen LogP contribution in [0, 0.1) is 5.92 Å². The molecule has 0 saturated carbocycles. The van der Waals surface area contributed by atoms with Crippen LogP contribution < -0.4 is 25.4 Å². The van der Waals surface area contributed by atoms with E-state index in [1.165, 1.54) is 6.08 Å². The number of carbonyl (C=O) groups is 2. The summed E-state index contributed by atoms with van der Waals surface area (Å²) in [5, 5.41) is 2.80. The highest BCUT2D eigenvalue weighted by Crippen LogP contribution is 2.29. The summed E-state index contributed by atoms with van der Waals surface area (Å²) in [6.45, 7) is 5.30.